The van der Waals surface area contributed by atoms with Crippen molar-refractivity contribution in [2.75, 3.05) is 36.9 Å². The fourth-order valence-corrected chi connectivity index (χ4v) is 2.81. The topological polar surface area (TPSA) is 70.7 Å². The van der Waals surface area contributed by atoms with Gasteiger partial charge in [0.2, 0.25) is 0 Å². The van der Waals surface area contributed by atoms with Gasteiger partial charge in [0.1, 0.15) is 0 Å². The van der Waals surface area contributed by atoms with Crippen LogP contribution in [0.4, 0.5) is 16.2 Å². The molecule has 2 N–H and O–H groups in total. The zero-order valence-corrected chi connectivity index (χ0v) is 15.3. The van der Waals surface area contributed by atoms with Gasteiger partial charge < -0.3 is 20.3 Å². The third kappa shape index (κ3) is 4.66. The first kappa shape index (κ1) is 18.5. The molecule has 0 spiro atoms. The molecule has 3 amide bonds. The lowest BCUT2D eigenvalue weighted by molar-refractivity contribution is 0.0303. The highest BCUT2D eigenvalue weighted by Crippen LogP contribution is 2.25. The van der Waals surface area contributed by atoms with E-state index in [1.54, 1.807) is 47.4 Å². The van der Waals surface area contributed by atoms with E-state index >= 15 is 0 Å². The summed E-state index contributed by atoms with van der Waals surface area (Å²) in [6.07, 6.45) is 0. The molecule has 1 heterocycles. The number of morpholine rings is 1. The van der Waals surface area contributed by atoms with Gasteiger partial charge in [-0.2, -0.15) is 0 Å². The van der Waals surface area contributed by atoms with Gasteiger partial charge in [-0.05, 0) is 42.5 Å². The molecule has 0 aliphatic carbocycles. The Labute approximate surface area is 161 Å². The zero-order valence-electron chi connectivity index (χ0n) is 13.8. The Balaban J connectivity index is 1.58. The van der Waals surface area contributed by atoms with Gasteiger partial charge in [-0.3, -0.25) is 4.79 Å². The summed E-state index contributed by atoms with van der Waals surface area (Å²) in [4.78, 5) is 26.2. The lowest BCUT2D eigenvalue weighted by Crippen LogP contribution is -2.40. The summed E-state index contributed by atoms with van der Waals surface area (Å²) in [6, 6.07) is 11.1. The molecule has 0 bridgehead atoms. The lowest BCUT2D eigenvalue weighted by atomic mass is 10.1. The number of carbonyl (C=O) groups excluding carboxylic acids is 2. The predicted molar refractivity (Wildman–Crippen MR) is 102 cm³/mol. The first-order chi connectivity index (χ1) is 12.5. The molecule has 136 valence electrons. The molecule has 0 saturated carbocycles. The van der Waals surface area contributed by atoms with Crippen LogP contribution < -0.4 is 10.6 Å². The molecule has 1 aliphatic rings. The minimum atomic E-state index is -0.421. The monoisotopic (exact) mass is 393 g/mol. The highest BCUT2D eigenvalue weighted by Gasteiger charge is 2.18. The molecule has 26 heavy (non-hydrogen) atoms. The smallest absolute Gasteiger partial charge is 0.323 e. The van der Waals surface area contributed by atoms with E-state index in [2.05, 4.69) is 10.6 Å². The molecule has 0 atom stereocenters. The molecule has 0 unspecified atom stereocenters. The van der Waals surface area contributed by atoms with Gasteiger partial charge in [0.25, 0.3) is 5.91 Å². The number of nitrogens with zero attached hydrogens (tertiary/aromatic N) is 1. The Bertz CT molecular complexity index is 806. The summed E-state index contributed by atoms with van der Waals surface area (Å²) in [5, 5.41) is 6.14. The lowest BCUT2D eigenvalue weighted by Gasteiger charge is -2.26. The second-order valence-electron chi connectivity index (χ2n) is 5.69. The number of hydrogen-bond acceptors (Lipinski definition) is 3. The van der Waals surface area contributed by atoms with E-state index in [1.165, 1.54) is 0 Å². The van der Waals surface area contributed by atoms with Crippen LogP contribution in [0.15, 0.2) is 42.5 Å². The molecule has 1 fully saturated rings. The number of nitrogens with one attached hydrogen (secondary N) is 2. The largest absolute Gasteiger partial charge is 0.378 e. The van der Waals surface area contributed by atoms with E-state index in [9.17, 15) is 9.59 Å². The average Bonchev–Trinajstić information content (AvgIpc) is 2.65. The van der Waals surface area contributed by atoms with Crippen molar-refractivity contribution < 1.29 is 14.3 Å². The van der Waals surface area contributed by atoms with Crippen molar-refractivity contribution in [1.29, 1.82) is 0 Å². The van der Waals surface area contributed by atoms with Crippen molar-refractivity contribution >= 4 is 46.5 Å². The van der Waals surface area contributed by atoms with Crippen LogP contribution in [0.3, 0.4) is 0 Å². The second-order valence-corrected chi connectivity index (χ2v) is 6.50. The molecule has 0 aromatic heterocycles. The normalized spacial score (nSPS) is 14.0. The number of ether oxygens (including phenoxy) is 1. The summed E-state index contributed by atoms with van der Waals surface area (Å²) < 4.78 is 5.25. The van der Waals surface area contributed by atoms with Crippen LogP contribution in [-0.4, -0.2) is 43.1 Å². The fraction of sp³-hybridized carbons (Fsp3) is 0.222. The maximum atomic E-state index is 12.4. The van der Waals surface area contributed by atoms with Crippen LogP contribution in [0.1, 0.15) is 10.4 Å². The van der Waals surface area contributed by atoms with Crippen molar-refractivity contribution in [2.45, 2.75) is 0 Å². The van der Waals surface area contributed by atoms with Crippen LogP contribution in [0.25, 0.3) is 0 Å². The van der Waals surface area contributed by atoms with Crippen LogP contribution in [0.2, 0.25) is 10.0 Å². The number of carbonyl (C=O) groups is 2. The Morgan fingerprint density at radius 2 is 1.50 bits per heavy atom. The Morgan fingerprint density at radius 1 is 0.885 bits per heavy atom. The highest BCUT2D eigenvalue weighted by molar-refractivity contribution is 6.42. The number of anilines is 2. The second kappa shape index (κ2) is 8.40. The number of halogens is 2. The van der Waals surface area contributed by atoms with E-state index in [4.69, 9.17) is 27.9 Å². The van der Waals surface area contributed by atoms with Gasteiger partial charge in [0, 0.05) is 30.0 Å². The minimum Gasteiger partial charge on any atom is -0.378 e. The number of benzene rings is 2. The first-order valence-electron chi connectivity index (χ1n) is 8.03. The third-order valence-corrected chi connectivity index (χ3v) is 4.60. The number of hydrogen-bond donors (Lipinski definition) is 2. The summed E-state index contributed by atoms with van der Waals surface area (Å²) in [5.41, 5.74) is 1.67. The van der Waals surface area contributed by atoms with Crippen LogP contribution in [-0.2, 0) is 4.74 Å². The fourth-order valence-electron chi connectivity index (χ4n) is 2.51. The van der Waals surface area contributed by atoms with Gasteiger partial charge in [-0.1, -0.05) is 23.2 Å². The standard InChI is InChI=1S/C18H17Cl2N3O3/c19-15-6-5-14(11-16(15)20)22-18(25)21-13-3-1-12(2-4-13)17(24)23-7-9-26-10-8-23/h1-6,11H,7-10H2,(H2,21,22,25). The van der Waals surface area contributed by atoms with Crippen LogP contribution in [0.5, 0.6) is 0 Å². The molecule has 8 heteroatoms. The molecule has 0 radical (unpaired) electrons. The molecule has 2 aromatic carbocycles. The molecular weight excluding hydrogens is 377 g/mol. The third-order valence-electron chi connectivity index (χ3n) is 3.87. The van der Waals surface area contributed by atoms with E-state index in [-0.39, 0.29) is 5.91 Å². The van der Waals surface area contributed by atoms with Crippen LogP contribution in [0, 0.1) is 0 Å². The van der Waals surface area contributed by atoms with Crippen molar-refractivity contribution in [3.8, 4) is 0 Å². The molecule has 1 aliphatic heterocycles. The van der Waals surface area contributed by atoms with Gasteiger partial charge in [-0.25, -0.2) is 4.79 Å². The molecule has 1 saturated heterocycles. The van der Waals surface area contributed by atoms with E-state index in [0.29, 0.717) is 53.3 Å². The van der Waals surface area contributed by atoms with Crippen molar-refractivity contribution in [2.24, 2.45) is 0 Å². The van der Waals surface area contributed by atoms with Gasteiger partial charge in [0.05, 0.1) is 23.3 Å². The van der Waals surface area contributed by atoms with Crippen molar-refractivity contribution in [1.82, 2.24) is 4.90 Å². The van der Waals surface area contributed by atoms with Gasteiger partial charge in [-0.15, -0.1) is 0 Å². The summed E-state index contributed by atoms with van der Waals surface area (Å²) in [6.45, 7) is 2.29. The Hall–Kier alpha value is -2.28. The maximum absolute atomic E-state index is 12.4. The summed E-state index contributed by atoms with van der Waals surface area (Å²) >= 11 is 11.8. The van der Waals surface area contributed by atoms with Crippen LogP contribution >= 0.6 is 23.2 Å². The Morgan fingerprint density at radius 3 is 2.15 bits per heavy atom. The van der Waals surface area contributed by atoms with E-state index in [1.807, 2.05) is 0 Å². The first-order valence-corrected chi connectivity index (χ1v) is 8.78. The Kier molecular flexibility index (Phi) is 5.98. The minimum absolute atomic E-state index is 0.0416. The predicted octanol–water partition coefficient (Wildman–Crippen LogP) is 4.11. The van der Waals surface area contributed by atoms with Crippen molar-refractivity contribution in [3.63, 3.8) is 0 Å². The van der Waals surface area contributed by atoms with E-state index < -0.39 is 6.03 Å². The number of rotatable bonds is 3. The van der Waals surface area contributed by atoms with E-state index in [0.717, 1.165) is 0 Å². The molecule has 2 aromatic rings. The number of urea groups is 1. The SMILES string of the molecule is O=C(Nc1ccc(C(=O)N2CCOCC2)cc1)Nc1ccc(Cl)c(Cl)c1. The molecule has 3 rings (SSSR count). The highest BCUT2D eigenvalue weighted by atomic mass is 35.5. The molecular formula is C18H17Cl2N3O3. The summed E-state index contributed by atoms with van der Waals surface area (Å²) in [5.74, 6) is -0.0416. The average molecular weight is 394 g/mol. The molecule has 6 nitrogen and oxygen atoms in total. The van der Waals surface area contributed by atoms with Gasteiger partial charge >= 0.3 is 6.03 Å². The van der Waals surface area contributed by atoms with Crippen molar-refractivity contribution in [3.05, 3.63) is 58.1 Å². The quantitative estimate of drug-likeness (QED) is 0.823. The van der Waals surface area contributed by atoms with Gasteiger partial charge in [0.15, 0.2) is 0 Å². The maximum Gasteiger partial charge on any atom is 0.323 e. The summed E-state index contributed by atoms with van der Waals surface area (Å²) in [7, 11) is 0. The zero-order chi connectivity index (χ0) is 18.5. The number of amides is 3.